The number of sulfonamides is 1. The molecule has 0 bridgehead atoms. The zero-order chi connectivity index (χ0) is 13.9. The molecule has 1 aromatic carbocycles. The van der Waals surface area contributed by atoms with Crippen molar-refractivity contribution in [2.45, 2.75) is 38.3 Å². The molecule has 0 heterocycles. The molecule has 0 saturated carbocycles. The van der Waals surface area contributed by atoms with Crippen LogP contribution in [-0.4, -0.2) is 19.6 Å². The lowest BCUT2D eigenvalue weighted by Gasteiger charge is -2.18. The molecule has 0 amide bonds. The molecule has 1 aromatic rings. The van der Waals surface area contributed by atoms with E-state index in [1.165, 1.54) is 6.07 Å². The molecule has 1 atom stereocenters. The summed E-state index contributed by atoms with van der Waals surface area (Å²) < 4.78 is 39.8. The number of benzene rings is 1. The van der Waals surface area contributed by atoms with Crippen LogP contribution in [0.15, 0.2) is 23.1 Å². The van der Waals surface area contributed by atoms with Crippen LogP contribution in [-0.2, 0) is 16.6 Å². The lowest BCUT2D eigenvalue weighted by Crippen LogP contribution is -2.36. The van der Waals surface area contributed by atoms with Gasteiger partial charge in [0.05, 0.1) is 11.5 Å². The molecule has 2 N–H and O–H groups in total. The molecule has 0 spiro atoms. The van der Waals surface area contributed by atoms with Gasteiger partial charge >= 0.3 is 0 Å². The second-order valence-corrected chi connectivity index (χ2v) is 6.25. The fourth-order valence-corrected chi connectivity index (χ4v) is 2.99. The van der Waals surface area contributed by atoms with E-state index < -0.39 is 22.4 Å². The molecule has 4 nitrogen and oxygen atoms in total. The SMILES string of the molecule is CC(C)C(C)NS(=O)(=O)c1cc(F)ccc1CO. The number of aliphatic hydroxyl groups excluding tert-OH is 1. The van der Waals surface area contributed by atoms with E-state index in [2.05, 4.69) is 4.72 Å². The van der Waals surface area contributed by atoms with E-state index in [-0.39, 0.29) is 22.4 Å². The minimum Gasteiger partial charge on any atom is -0.392 e. The van der Waals surface area contributed by atoms with Crippen molar-refractivity contribution in [3.63, 3.8) is 0 Å². The summed E-state index contributed by atoms with van der Waals surface area (Å²) in [4.78, 5) is -0.211. The molecule has 102 valence electrons. The summed E-state index contributed by atoms with van der Waals surface area (Å²) in [6.45, 7) is 5.05. The first kappa shape index (κ1) is 15.1. The van der Waals surface area contributed by atoms with Crippen LogP contribution in [0.1, 0.15) is 26.3 Å². The van der Waals surface area contributed by atoms with E-state index in [9.17, 15) is 12.8 Å². The van der Waals surface area contributed by atoms with Gasteiger partial charge in [0, 0.05) is 6.04 Å². The Labute approximate surface area is 107 Å². The van der Waals surface area contributed by atoms with Crippen LogP contribution in [0.25, 0.3) is 0 Å². The first-order chi connectivity index (χ1) is 8.27. The molecule has 0 radical (unpaired) electrons. The van der Waals surface area contributed by atoms with E-state index >= 15 is 0 Å². The van der Waals surface area contributed by atoms with Crippen LogP contribution in [0.4, 0.5) is 4.39 Å². The first-order valence-corrected chi connectivity index (χ1v) is 7.18. The van der Waals surface area contributed by atoms with Crippen molar-refractivity contribution in [1.82, 2.24) is 4.72 Å². The molecule has 0 aromatic heterocycles. The zero-order valence-electron chi connectivity index (χ0n) is 10.6. The van der Waals surface area contributed by atoms with E-state index in [1.54, 1.807) is 6.92 Å². The smallest absolute Gasteiger partial charge is 0.241 e. The van der Waals surface area contributed by atoms with Crippen LogP contribution in [0.3, 0.4) is 0 Å². The molecular formula is C12H18FNO3S. The number of rotatable bonds is 5. The number of hydrogen-bond acceptors (Lipinski definition) is 3. The van der Waals surface area contributed by atoms with Crippen molar-refractivity contribution in [3.8, 4) is 0 Å². The average Bonchev–Trinajstić information content (AvgIpc) is 2.28. The van der Waals surface area contributed by atoms with Crippen LogP contribution >= 0.6 is 0 Å². The van der Waals surface area contributed by atoms with Crippen LogP contribution in [0.5, 0.6) is 0 Å². The fourth-order valence-electron chi connectivity index (χ4n) is 1.35. The average molecular weight is 275 g/mol. The molecule has 0 fully saturated rings. The van der Waals surface area contributed by atoms with Crippen LogP contribution in [0, 0.1) is 11.7 Å². The minimum atomic E-state index is -3.82. The van der Waals surface area contributed by atoms with Gasteiger partial charge in [0.1, 0.15) is 5.82 Å². The topological polar surface area (TPSA) is 66.4 Å². The lowest BCUT2D eigenvalue weighted by molar-refractivity contribution is 0.278. The van der Waals surface area contributed by atoms with Gasteiger partial charge in [-0.1, -0.05) is 19.9 Å². The maximum absolute atomic E-state index is 13.1. The molecule has 0 aliphatic carbocycles. The van der Waals surface area contributed by atoms with Gasteiger partial charge in [-0.2, -0.15) is 0 Å². The highest BCUT2D eigenvalue weighted by Gasteiger charge is 2.22. The van der Waals surface area contributed by atoms with E-state index in [0.717, 1.165) is 12.1 Å². The molecule has 0 aliphatic heterocycles. The fraction of sp³-hybridized carbons (Fsp3) is 0.500. The third-order valence-corrected chi connectivity index (χ3v) is 4.47. The summed E-state index contributed by atoms with van der Waals surface area (Å²) in [5, 5.41) is 9.10. The maximum atomic E-state index is 13.1. The Balaban J connectivity index is 3.15. The Morgan fingerprint density at radius 1 is 1.33 bits per heavy atom. The minimum absolute atomic E-state index is 0.117. The van der Waals surface area contributed by atoms with Gasteiger partial charge in [0.15, 0.2) is 0 Å². The third-order valence-electron chi connectivity index (χ3n) is 2.83. The standard InChI is InChI=1S/C12H18FNO3S/c1-8(2)9(3)14-18(16,17)12-6-11(13)5-4-10(12)7-15/h4-6,8-9,14-15H,7H2,1-3H3. The molecule has 18 heavy (non-hydrogen) atoms. The number of halogens is 1. The highest BCUT2D eigenvalue weighted by atomic mass is 32.2. The molecule has 6 heteroatoms. The Kier molecular flexibility index (Phi) is 4.84. The van der Waals surface area contributed by atoms with E-state index in [4.69, 9.17) is 5.11 Å². The van der Waals surface area contributed by atoms with Gasteiger partial charge in [0.25, 0.3) is 0 Å². The summed E-state index contributed by atoms with van der Waals surface area (Å²) in [5.74, 6) is -0.532. The molecule has 0 saturated heterocycles. The zero-order valence-corrected chi connectivity index (χ0v) is 11.5. The highest BCUT2D eigenvalue weighted by molar-refractivity contribution is 7.89. The predicted octanol–water partition coefficient (Wildman–Crippen LogP) is 1.64. The van der Waals surface area contributed by atoms with Crippen molar-refractivity contribution in [2.75, 3.05) is 0 Å². The lowest BCUT2D eigenvalue weighted by atomic mass is 10.1. The molecule has 1 unspecified atom stereocenters. The third kappa shape index (κ3) is 3.51. The second-order valence-electron chi connectivity index (χ2n) is 4.56. The van der Waals surface area contributed by atoms with E-state index in [1.807, 2.05) is 13.8 Å². The predicted molar refractivity (Wildman–Crippen MR) is 66.9 cm³/mol. The normalized spacial score (nSPS) is 13.9. The van der Waals surface area contributed by atoms with E-state index in [0.29, 0.717) is 0 Å². The van der Waals surface area contributed by atoms with Gasteiger partial charge in [-0.05, 0) is 30.5 Å². The van der Waals surface area contributed by atoms with Crippen molar-refractivity contribution in [1.29, 1.82) is 0 Å². The summed E-state index contributed by atoms with van der Waals surface area (Å²) in [6, 6.07) is 3.03. The van der Waals surface area contributed by atoms with Crippen molar-refractivity contribution >= 4 is 10.0 Å². The second kappa shape index (κ2) is 5.77. The van der Waals surface area contributed by atoms with Crippen molar-refractivity contribution in [3.05, 3.63) is 29.6 Å². The molecule has 1 rings (SSSR count). The monoisotopic (exact) mass is 275 g/mol. The first-order valence-electron chi connectivity index (χ1n) is 5.69. The number of hydrogen-bond donors (Lipinski definition) is 2. The van der Waals surface area contributed by atoms with Gasteiger partial charge in [-0.25, -0.2) is 17.5 Å². The highest BCUT2D eigenvalue weighted by Crippen LogP contribution is 2.18. The maximum Gasteiger partial charge on any atom is 0.241 e. The van der Waals surface area contributed by atoms with Gasteiger partial charge in [-0.15, -0.1) is 0 Å². The summed E-state index contributed by atoms with van der Waals surface area (Å²) in [5.41, 5.74) is 0.180. The molecule has 0 aliphatic rings. The van der Waals surface area contributed by atoms with Crippen molar-refractivity contribution in [2.24, 2.45) is 5.92 Å². The summed E-state index contributed by atoms with van der Waals surface area (Å²) in [7, 11) is -3.82. The number of nitrogens with one attached hydrogen (secondary N) is 1. The quantitative estimate of drug-likeness (QED) is 0.858. The van der Waals surface area contributed by atoms with Crippen molar-refractivity contribution < 1.29 is 17.9 Å². The summed E-state index contributed by atoms with van der Waals surface area (Å²) >= 11 is 0. The Bertz CT molecular complexity index is 514. The summed E-state index contributed by atoms with van der Waals surface area (Å²) in [6.07, 6.45) is 0. The Morgan fingerprint density at radius 3 is 2.44 bits per heavy atom. The molecular weight excluding hydrogens is 257 g/mol. The van der Waals surface area contributed by atoms with Gasteiger partial charge in [0.2, 0.25) is 10.0 Å². The van der Waals surface area contributed by atoms with Gasteiger partial charge < -0.3 is 5.11 Å². The van der Waals surface area contributed by atoms with Gasteiger partial charge in [-0.3, -0.25) is 0 Å². The Morgan fingerprint density at radius 2 is 1.94 bits per heavy atom. The largest absolute Gasteiger partial charge is 0.392 e. The Hall–Kier alpha value is -0.980. The van der Waals surface area contributed by atoms with Crippen LogP contribution in [0.2, 0.25) is 0 Å². The van der Waals surface area contributed by atoms with Crippen LogP contribution < -0.4 is 4.72 Å². The number of aliphatic hydroxyl groups is 1.